The first-order chi connectivity index (χ1) is 18.9. The maximum Gasteiger partial charge on any atom is 0.275 e. The van der Waals surface area contributed by atoms with Crippen LogP contribution in [-0.2, 0) is 11.3 Å². The van der Waals surface area contributed by atoms with Crippen LogP contribution >= 0.6 is 23.2 Å². The van der Waals surface area contributed by atoms with Gasteiger partial charge in [0.25, 0.3) is 5.56 Å². The summed E-state index contributed by atoms with van der Waals surface area (Å²) >= 11 is 12.9. The molecule has 200 valence electrons. The van der Waals surface area contributed by atoms with Gasteiger partial charge in [0.15, 0.2) is 0 Å². The van der Waals surface area contributed by atoms with Crippen LogP contribution < -0.4 is 16.0 Å². The van der Waals surface area contributed by atoms with Crippen LogP contribution in [0.5, 0.6) is 11.5 Å². The van der Waals surface area contributed by atoms with Crippen LogP contribution in [0.4, 0.5) is 5.69 Å². The predicted molar refractivity (Wildman–Crippen MR) is 154 cm³/mol. The topological polar surface area (TPSA) is 105 Å². The average Bonchev–Trinajstić information content (AvgIpc) is 3.41. The summed E-state index contributed by atoms with van der Waals surface area (Å²) in [7, 11) is 1.60. The first-order valence-electron chi connectivity index (χ1n) is 12.6. The van der Waals surface area contributed by atoms with Gasteiger partial charge in [-0.1, -0.05) is 41.4 Å². The second kappa shape index (κ2) is 10.1. The Kier molecular flexibility index (Phi) is 6.62. The Morgan fingerprint density at radius 2 is 1.90 bits per heavy atom. The zero-order chi connectivity index (χ0) is 27.3. The first-order valence-corrected chi connectivity index (χ1v) is 13.4. The molecule has 1 aliphatic rings. The number of halogens is 2. The number of phenols is 1. The summed E-state index contributed by atoms with van der Waals surface area (Å²) in [5.41, 5.74) is 9.42. The number of aromatic hydroxyl groups is 1. The van der Waals surface area contributed by atoms with Crippen LogP contribution in [-0.4, -0.2) is 33.2 Å². The number of nitrogens with zero attached hydrogens (tertiary/aromatic N) is 3. The molecular weight excluding hydrogens is 539 g/mol. The Labute approximate surface area is 234 Å². The number of nitrogen functional groups attached to an aromatic ring is 1. The Morgan fingerprint density at radius 3 is 2.62 bits per heavy atom. The number of phenolic OH excluding ortho intramolecular Hbond substituents is 1. The van der Waals surface area contributed by atoms with E-state index in [-0.39, 0.29) is 34.8 Å². The number of benzene rings is 3. The second-order valence-electron chi connectivity index (χ2n) is 9.64. The summed E-state index contributed by atoms with van der Waals surface area (Å²) in [6, 6.07) is 14.1. The fraction of sp³-hybridized carbons (Fsp3) is 0.241. The molecule has 2 aromatic heterocycles. The lowest BCUT2D eigenvalue weighted by Crippen LogP contribution is -2.25. The van der Waals surface area contributed by atoms with Crippen LogP contribution in [0.3, 0.4) is 0 Å². The van der Waals surface area contributed by atoms with Crippen molar-refractivity contribution in [2.24, 2.45) is 0 Å². The highest BCUT2D eigenvalue weighted by Gasteiger charge is 2.23. The Bertz CT molecular complexity index is 1770. The number of ether oxygens (including phenoxy) is 2. The van der Waals surface area contributed by atoms with E-state index in [0.29, 0.717) is 44.9 Å². The number of methoxy groups -OCH3 is 1. The summed E-state index contributed by atoms with van der Waals surface area (Å²) in [6.07, 6.45) is 4.61. The average molecular weight is 565 g/mol. The highest BCUT2D eigenvalue weighted by Crippen LogP contribution is 2.41. The molecule has 5 aromatic rings. The van der Waals surface area contributed by atoms with Crippen molar-refractivity contribution in [1.82, 2.24) is 14.3 Å². The number of fused-ring (bicyclic) bond motifs is 2. The van der Waals surface area contributed by atoms with Gasteiger partial charge in [0, 0.05) is 29.1 Å². The number of hydrogen-bond acceptors (Lipinski definition) is 6. The maximum atomic E-state index is 13.8. The van der Waals surface area contributed by atoms with Crippen molar-refractivity contribution >= 4 is 50.7 Å². The minimum atomic E-state index is -0.374. The van der Waals surface area contributed by atoms with E-state index in [1.54, 1.807) is 34.6 Å². The third-order valence-corrected chi connectivity index (χ3v) is 7.84. The van der Waals surface area contributed by atoms with Gasteiger partial charge in [-0.25, -0.2) is 4.68 Å². The zero-order valence-corrected chi connectivity index (χ0v) is 22.7. The van der Waals surface area contributed by atoms with E-state index in [1.807, 2.05) is 36.5 Å². The van der Waals surface area contributed by atoms with E-state index in [2.05, 4.69) is 0 Å². The van der Waals surface area contributed by atoms with Crippen molar-refractivity contribution < 1.29 is 14.6 Å². The van der Waals surface area contributed by atoms with Gasteiger partial charge in [-0.05, 0) is 60.7 Å². The number of hydrogen-bond donors (Lipinski definition) is 2. The molecule has 1 saturated heterocycles. The van der Waals surface area contributed by atoms with Crippen molar-refractivity contribution in [2.45, 2.75) is 32.0 Å². The summed E-state index contributed by atoms with van der Waals surface area (Å²) < 4.78 is 14.5. The number of anilines is 1. The standard InChI is InChI=1S/C29H26Cl2N4O4/c1-38-17-7-5-16(6-8-17)14-34-23-13-22(31)24(36)12-19(23)26(27(32)29(34)37)18-9-10-21(30)28-20(18)15-35(33-28)25-4-2-3-11-39-25/h5-10,12-13,15,25,36H,2-4,11,14,32H2,1H3. The molecule has 0 saturated carbocycles. The largest absolute Gasteiger partial charge is 0.506 e. The quantitative estimate of drug-likeness (QED) is 0.257. The van der Waals surface area contributed by atoms with Crippen molar-refractivity contribution in [2.75, 3.05) is 19.5 Å². The van der Waals surface area contributed by atoms with Gasteiger partial charge in [-0.2, -0.15) is 5.10 Å². The predicted octanol–water partition coefficient (Wildman–Crippen LogP) is 6.37. The smallest absolute Gasteiger partial charge is 0.275 e. The third kappa shape index (κ3) is 4.48. The fourth-order valence-corrected chi connectivity index (χ4v) is 5.59. The van der Waals surface area contributed by atoms with E-state index in [0.717, 1.165) is 30.2 Å². The minimum Gasteiger partial charge on any atom is -0.506 e. The summed E-state index contributed by atoms with van der Waals surface area (Å²) in [4.78, 5) is 13.8. The minimum absolute atomic E-state index is 0.0445. The van der Waals surface area contributed by atoms with Gasteiger partial charge in [0.1, 0.15) is 28.9 Å². The molecule has 1 aliphatic heterocycles. The van der Waals surface area contributed by atoms with E-state index >= 15 is 0 Å². The van der Waals surface area contributed by atoms with Gasteiger partial charge in [0.2, 0.25) is 0 Å². The molecule has 0 amide bonds. The molecule has 0 bridgehead atoms. The van der Waals surface area contributed by atoms with E-state index in [1.165, 1.54) is 0 Å². The zero-order valence-electron chi connectivity index (χ0n) is 21.2. The normalized spacial score (nSPS) is 15.7. The molecule has 6 rings (SSSR count). The van der Waals surface area contributed by atoms with E-state index in [9.17, 15) is 9.90 Å². The first kappa shape index (κ1) is 25.6. The summed E-state index contributed by atoms with van der Waals surface area (Å²) in [5, 5.41) is 17.2. The van der Waals surface area contributed by atoms with Crippen LogP contribution in [0.2, 0.25) is 10.0 Å². The molecular formula is C29H26Cl2N4O4. The number of rotatable bonds is 5. The summed E-state index contributed by atoms with van der Waals surface area (Å²) in [5.74, 6) is 0.598. The Balaban J connectivity index is 1.58. The molecule has 1 fully saturated rings. The van der Waals surface area contributed by atoms with Crippen molar-refractivity contribution in [3.05, 3.63) is 80.7 Å². The molecule has 0 radical (unpaired) electrons. The Hall–Kier alpha value is -3.72. The highest BCUT2D eigenvalue weighted by molar-refractivity contribution is 6.36. The second-order valence-corrected chi connectivity index (χ2v) is 10.5. The van der Waals surface area contributed by atoms with Crippen LogP contribution in [0.25, 0.3) is 32.9 Å². The molecule has 3 N–H and O–H groups in total. The van der Waals surface area contributed by atoms with Crippen LogP contribution in [0.15, 0.2) is 59.5 Å². The van der Waals surface area contributed by atoms with Crippen molar-refractivity contribution in [3.63, 3.8) is 0 Å². The molecule has 8 nitrogen and oxygen atoms in total. The SMILES string of the molecule is COc1ccc(Cn2c(=O)c(N)c(-c3ccc(Cl)c4nn(C5CCCCO5)cc34)c3cc(O)c(Cl)cc32)cc1. The maximum absolute atomic E-state index is 13.8. The fourth-order valence-electron chi connectivity index (χ4n) is 5.23. The van der Waals surface area contributed by atoms with Gasteiger partial charge in [0.05, 0.1) is 29.2 Å². The molecule has 10 heteroatoms. The van der Waals surface area contributed by atoms with Gasteiger partial charge in [-0.15, -0.1) is 0 Å². The molecule has 1 unspecified atom stereocenters. The lowest BCUT2D eigenvalue weighted by Gasteiger charge is -2.22. The van der Waals surface area contributed by atoms with Gasteiger partial charge in [-0.3, -0.25) is 4.79 Å². The molecule has 0 spiro atoms. The van der Waals surface area contributed by atoms with Crippen molar-refractivity contribution in [1.29, 1.82) is 0 Å². The number of aromatic nitrogens is 3. The lowest BCUT2D eigenvalue weighted by molar-refractivity contribution is -0.0390. The summed E-state index contributed by atoms with van der Waals surface area (Å²) in [6.45, 7) is 0.920. The van der Waals surface area contributed by atoms with E-state index in [4.69, 9.17) is 43.5 Å². The molecule has 0 aliphatic carbocycles. The molecule has 39 heavy (non-hydrogen) atoms. The third-order valence-electron chi connectivity index (χ3n) is 7.23. The lowest BCUT2D eigenvalue weighted by atomic mass is 9.96. The number of pyridine rings is 1. The monoisotopic (exact) mass is 564 g/mol. The van der Waals surface area contributed by atoms with Gasteiger partial charge >= 0.3 is 0 Å². The molecule has 3 heterocycles. The van der Waals surface area contributed by atoms with E-state index < -0.39 is 0 Å². The molecule has 1 atom stereocenters. The van der Waals surface area contributed by atoms with Crippen LogP contribution in [0.1, 0.15) is 31.1 Å². The molecule has 3 aromatic carbocycles. The van der Waals surface area contributed by atoms with Crippen molar-refractivity contribution in [3.8, 4) is 22.6 Å². The van der Waals surface area contributed by atoms with Gasteiger partial charge < -0.3 is 24.9 Å². The Morgan fingerprint density at radius 1 is 1.10 bits per heavy atom. The number of nitrogens with two attached hydrogens (primary N) is 1. The highest BCUT2D eigenvalue weighted by atomic mass is 35.5. The van der Waals surface area contributed by atoms with Crippen LogP contribution in [0, 0.1) is 0 Å².